The molecule has 0 aromatic heterocycles. The van der Waals surface area contributed by atoms with Crippen molar-refractivity contribution >= 4 is 27.5 Å². The molecule has 0 spiro atoms. The zero-order valence-electron chi connectivity index (χ0n) is 12.9. The van der Waals surface area contributed by atoms with Crippen LogP contribution in [-0.4, -0.2) is 39.8 Å². The van der Waals surface area contributed by atoms with E-state index < -0.39 is 16.1 Å². The first kappa shape index (κ1) is 18.2. The van der Waals surface area contributed by atoms with Gasteiger partial charge in [0.15, 0.2) is 0 Å². The smallest absolute Gasteiger partial charge is 0.222 e. The fraction of sp³-hybridized carbons (Fsp3) is 0.533. The van der Waals surface area contributed by atoms with Crippen LogP contribution < -0.4 is 10.0 Å². The largest absolute Gasteiger partial charge is 0.376 e. The highest BCUT2D eigenvalue weighted by Crippen LogP contribution is 2.20. The summed E-state index contributed by atoms with van der Waals surface area (Å²) in [6.07, 6.45) is 3.07. The number of benzene rings is 1. The molecule has 1 fully saturated rings. The van der Waals surface area contributed by atoms with Crippen molar-refractivity contribution in [2.45, 2.75) is 31.4 Å². The summed E-state index contributed by atoms with van der Waals surface area (Å²) in [5.41, 5.74) is 0.687. The number of halogens is 1. The molecule has 23 heavy (non-hydrogen) atoms. The number of carbonyl (C=O) groups is 1. The molecule has 0 saturated carbocycles. The summed E-state index contributed by atoms with van der Waals surface area (Å²) in [5.74, 6) is -0.225. The Morgan fingerprint density at radius 3 is 2.65 bits per heavy atom. The number of sulfonamides is 1. The molecule has 6 nitrogen and oxygen atoms in total. The number of rotatable bonds is 7. The van der Waals surface area contributed by atoms with Gasteiger partial charge < -0.3 is 10.1 Å². The zero-order valence-corrected chi connectivity index (χ0v) is 14.5. The fourth-order valence-electron chi connectivity index (χ4n) is 2.47. The highest BCUT2D eigenvalue weighted by Gasteiger charge is 2.21. The molecule has 1 aromatic rings. The van der Waals surface area contributed by atoms with Crippen LogP contribution in [0.2, 0.25) is 5.02 Å². The summed E-state index contributed by atoms with van der Waals surface area (Å²) < 4.78 is 31.0. The Morgan fingerprint density at radius 1 is 1.39 bits per heavy atom. The van der Waals surface area contributed by atoms with Crippen LogP contribution in [0.3, 0.4) is 0 Å². The lowest BCUT2D eigenvalue weighted by Crippen LogP contribution is -2.36. The number of nitrogens with one attached hydrogen (secondary N) is 2. The molecular weight excluding hydrogens is 340 g/mol. The molecule has 1 amide bonds. The maximum Gasteiger partial charge on any atom is 0.222 e. The SMILES string of the molecule is CS(=O)(=O)N[C@H](CC(=O)NC[C@@H]1CCCO1)c1ccc(Cl)cc1. The summed E-state index contributed by atoms with van der Waals surface area (Å²) in [6.45, 7) is 1.18. The Morgan fingerprint density at radius 2 is 2.09 bits per heavy atom. The van der Waals surface area contributed by atoms with Crippen molar-refractivity contribution in [3.63, 3.8) is 0 Å². The quantitative estimate of drug-likeness (QED) is 0.773. The van der Waals surface area contributed by atoms with Gasteiger partial charge in [0.1, 0.15) is 0 Å². The first-order valence-corrected chi connectivity index (χ1v) is 9.71. The van der Waals surface area contributed by atoms with Gasteiger partial charge in [-0.25, -0.2) is 13.1 Å². The third-order valence-corrected chi connectivity index (χ3v) is 4.53. The van der Waals surface area contributed by atoms with E-state index in [9.17, 15) is 13.2 Å². The topological polar surface area (TPSA) is 84.5 Å². The van der Waals surface area contributed by atoms with E-state index >= 15 is 0 Å². The Kier molecular flexibility index (Phi) is 6.41. The van der Waals surface area contributed by atoms with Gasteiger partial charge in [0, 0.05) is 24.6 Å². The first-order valence-electron chi connectivity index (χ1n) is 7.44. The fourth-order valence-corrected chi connectivity index (χ4v) is 3.33. The van der Waals surface area contributed by atoms with Crippen LogP contribution in [0.5, 0.6) is 0 Å². The maximum absolute atomic E-state index is 12.1. The van der Waals surface area contributed by atoms with Crippen LogP contribution in [0.15, 0.2) is 24.3 Å². The predicted octanol–water partition coefficient (Wildman–Crippen LogP) is 1.62. The summed E-state index contributed by atoms with van der Waals surface area (Å²) in [5, 5.41) is 3.35. The third-order valence-electron chi connectivity index (χ3n) is 3.57. The van der Waals surface area contributed by atoms with Crippen molar-refractivity contribution < 1.29 is 17.9 Å². The molecule has 0 aliphatic carbocycles. The molecule has 8 heteroatoms. The van der Waals surface area contributed by atoms with Gasteiger partial charge in [0.25, 0.3) is 0 Å². The van der Waals surface area contributed by atoms with Crippen LogP contribution in [0, 0.1) is 0 Å². The van der Waals surface area contributed by atoms with E-state index in [2.05, 4.69) is 10.0 Å². The van der Waals surface area contributed by atoms with Crippen LogP contribution in [0.25, 0.3) is 0 Å². The molecule has 0 radical (unpaired) electrons. The lowest BCUT2D eigenvalue weighted by molar-refractivity contribution is -0.122. The molecule has 0 bridgehead atoms. The first-order chi connectivity index (χ1) is 10.8. The molecule has 128 valence electrons. The average Bonchev–Trinajstić information content (AvgIpc) is 2.97. The minimum atomic E-state index is -3.45. The molecule has 1 aromatic carbocycles. The van der Waals surface area contributed by atoms with Gasteiger partial charge in [-0.05, 0) is 30.5 Å². The molecule has 2 N–H and O–H groups in total. The number of ether oxygens (including phenoxy) is 1. The average molecular weight is 361 g/mol. The van der Waals surface area contributed by atoms with Crippen molar-refractivity contribution in [1.29, 1.82) is 0 Å². The Balaban J connectivity index is 1.98. The third kappa shape index (κ3) is 6.47. The van der Waals surface area contributed by atoms with E-state index in [0.717, 1.165) is 25.7 Å². The van der Waals surface area contributed by atoms with Crippen LogP contribution in [-0.2, 0) is 19.6 Å². The lowest BCUT2D eigenvalue weighted by atomic mass is 10.0. The van der Waals surface area contributed by atoms with E-state index in [0.29, 0.717) is 17.1 Å². The zero-order chi connectivity index (χ0) is 16.9. The van der Waals surface area contributed by atoms with Gasteiger partial charge in [0.05, 0.1) is 18.4 Å². The van der Waals surface area contributed by atoms with Gasteiger partial charge in [-0.15, -0.1) is 0 Å². The van der Waals surface area contributed by atoms with Crippen molar-refractivity contribution in [3.05, 3.63) is 34.9 Å². The van der Waals surface area contributed by atoms with Gasteiger partial charge >= 0.3 is 0 Å². The lowest BCUT2D eigenvalue weighted by Gasteiger charge is -2.18. The van der Waals surface area contributed by atoms with Gasteiger partial charge in [0.2, 0.25) is 15.9 Å². The van der Waals surface area contributed by atoms with Crippen molar-refractivity contribution in [3.8, 4) is 0 Å². The van der Waals surface area contributed by atoms with E-state index in [1.54, 1.807) is 24.3 Å². The Hall–Kier alpha value is -1.15. The number of hydrogen-bond acceptors (Lipinski definition) is 4. The number of amides is 1. The van der Waals surface area contributed by atoms with Crippen molar-refractivity contribution in [1.82, 2.24) is 10.0 Å². The molecule has 1 heterocycles. The predicted molar refractivity (Wildman–Crippen MR) is 88.8 cm³/mol. The second-order valence-corrected chi connectivity index (χ2v) is 7.85. The highest BCUT2D eigenvalue weighted by molar-refractivity contribution is 7.88. The van der Waals surface area contributed by atoms with Crippen molar-refractivity contribution in [2.75, 3.05) is 19.4 Å². The number of carbonyl (C=O) groups excluding carboxylic acids is 1. The summed E-state index contributed by atoms with van der Waals surface area (Å²) >= 11 is 5.85. The summed E-state index contributed by atoms with van der Waals surface area (Å²) in [7, 11) is -3.45. The summed E-state index contributed by atoms with van der Waals surface area (Å²) in [6, 6.07) is 6.11. The van der Waals surface area contributed by atoms with E-state index in [4.69, 9.17) is 16.3 Å². The molecule has 0 unspecified atom stereocenters. The van der Waals surface area contributed by atoms with E-state index in [-0.39, 0.29) is 18.4 Å². The molecule has 2 rings (SSSR count). The Bertz CT molecular complexity index is 627. The second kappa shape index (κ2) is 8.10. The molecular formula is C15H21ClN2O4S. The van der Waals surface area contributed by atoms with Crippen LogP contribution >= 0.6 is 11.6 Å². The van der Waals surface area contributed by atoms with Gasteiger partial charge in [-0.3, -0.25) is 4.79 Å². The van der Waals surface area contributed by atoms with Gasteiger partial charge in [-0.2, -0.15) is 0 Å². The normalized spacial score (nSPS) is 19.5. The standard InChI is InChI=1S/C15H21ClN2O4S/c1-23(20,21)18-14(11-4-6-12(16)7-5-11)9-15(19)17-10-13-3-2-8-22-13/h4-7,13-14,18H,2-3,8-10H2,1H3,(H,17,19)/t13-,14+/m0/s1. The van der Waals surface area contributed by atoms with Crippen molar-refractivity contribution in [2.24, 2.45) is 0 Å². The molecule has 1 aliphatic heterocycles. The minimum absolute atomic E-state index is 0.0153. The number of hydrogen-bond donors (Lipinski definition) is 2. The Labute approximate surface area is 141 Å². The van der Waals surface area contributed by atoms with Crippen LogP contribution in [0.4, 0.5) is 0 Å². The second-order valence-electron chi connectivity index (χ2n) is 5.64. The van der Waals surface area contributed by atoms with E-state index in [1.807, 2.05) is 0 Å². The van der Waals surface area contributed by atoms with E-state index in [1.165, 1.54) is 0 Å². The minimum Gasteiger partial charge on any atom is -0.376 e. The summed E-state index contributed by atoms with van der Waals surface area (Å²) in [4.78, 5) is 12.1. The van der Waals surface area contributed by atoms with Crippen LogP contribution in [0.1, 0.15) is 30.9 Å². The highest BCUT2D eigenvalue weighted by atomic mass is 35.5. The molecule has 1 aliphatic rings. The molecule has 2 atom stereocenters. The monoisotopic (exact) mass is 360 g/mol. The maximum atomic E-state index is 12.1. The van der Waals surface area contributed by atoms with Gasteiger partial charge in [-0.1, -0.05) is 23.7 Å². The molecule has 1 saturated heterocycles.